The summed E-state index contributed by atoms with van der Waals surface area (Å²) in [6, 6.07) is 19.0. The number of hydrogen-bond acceptors (Lipinski definition) is 0. The van der Waals surface area contributed by atoms with Gasteiger partial charge in [-0.05, 0) is 76.0 Å². The lowest BCUT2D eigenvalue weighted by atomic mass is 9.48. The van der Waals surface area contributed by atoms with Gasteiger partial charge in [0.25, 0.3) is 0 Å². The van der Waals surface area contributed by atoms with E-state index in [-0.39, 0.29) is 57.4 Å². The molecule has 0 amide bonds. The molecule has 2 aromatic rings. The molecule has 0 aromatic heterocycles. The van der Waals surface area contributed by atoms with E-state index in [1.165, 1.54) is 19.3 Å². The molecular formula is C47H98. The third-order valence-electron chi connectivity index (χ3n) is 9.56. The molecule has 6 rings (SSSR count). The lowest BCUT2D eigenvalue weighted by Crippen LogP contribution is -2.52. The first-order valence-corrected chi connectivity index (χ1v) is 17.6. The van der Waals surface area contributed by atoms with Crippen molar-refractivity contribution in [2.75, 3.05) is 0 Å². The monoisotopic (exact) mass is 663 g/mol. The lowest BCUT2D eigenvalue weighted by Gasteiger charge is -2.55. The molecule has 0 heterocycles. The van der Waals surface area contributed by atoms with E-state index in [0.29, 0.717) is 11.8 Å². The summed E-state index contributed by atoms with van der Waals surface area (Å²) in [5.74, 6) is 6.62. The number of hydrogen-bond donors (Lipinski definition) is 0. The molecule has 1 spiro atoms. The van der Waals surface area contributed by atoms with E-state index in [0.717, 1.165) is 35.5 Å². The van der Waals surface area contributed by atoms with Crippen LogP contribution in [0, 0.1) is 35.5 Å². The Kier molecular flexibility index (Phi) is 43.2. The van der Waals surface area contributed by atoms with Gasteiger partial charge in [0.15, 0.2) is 0 Å². The second-order valence-electron chi connectivity index (χ2n) is 11.4. The quantitative estimate of drug-likeness (QED) is 0.263. The molecule has 0 nitrogen and oxygen atoms in total. The Balaban J connectivity index is -0.000000108. The molecule has 0 bridgehead atoms. The van der Waals surface area contributed by atoms with E-state index in [2.05, 4.69) is 104 Å². The Hall–Kier alpha value is -1.56. The molecule has 0 saturated heterocycles. The summed E-state index contributed by atoms with van der Waals surface area (Å²) >= 11 is 0. The van der Waals surface area contributed by atoms with Crippen molar-refractivity contribution in [1.82, 2.24) is 0 Å². The van der Waals surface area contributed by atoms with E-state index in [1.54, 1.807) is 22.3 Å². The highest BCUT2D eigenvalue weighted by Crippen LogP contribution is 2.77. The van der Waals surface area contributed by atoms with Gasteiger partial charge in [0.2, 0.25) is 0 Å². The predicted molar refractivity (Wildman–Crippen MR) is 232 cm³/mol. The first-order valence-electron chi connectivity index (χ1n) is 17.6. The van der Waals surface area contributed by atoms with E-state index >= 15 is 0 Å². The van der Waals surface area contributed by atoms with Gasteiger partial charge >= 0.3 is 0 Å². The molecule has 47 heavy (non-hydrogen) atoms. The largest absolute Gasteiger partial charge is 0.0776 e. The van der Waals surface area contributed by atoms with Crippen LogP contribution in [0.1, 0.15) is 216 Å². The molecule has 0 radical (unpaired) electrons. The molecule has 4 aliphatic rings. The topological polar surface area (TPSA) is 0 Å². The van der Waals surface area contributed by atoms with Gasteiger partial charge in [0, 0.05) is 5.41 Å². The summed E-state index contributed by atoms with van der Waals surface area (Å²) in [5, 5.41) is 0. The Labute approximate surface area is 304 Å². The second kappa shape index (κ2) is 31.7. The lowest BCUT2D eigenvalue weighted by molar-refractivity contribution is -0.00626. The first kappa shape index (κ1) is 64.0. The zero-order valence-electron chi connectivity index (χ0n) is 29.9. The number of benzene rings is 2. The second-order valence-corrected chi connectivity index (χ2v) is 11.4. The Morgan fingerprint density at radius 2 is 0.894 bits per heavy atom. The molecule has 2 fully saturated rings. The maximum absolute atomic E-state index is 2.55. The number of fused-ring (bicyclic) bond motifs is 10. The molecule has 286 valence electrons. The van der Waals surface area contributed by atoms with Gasteiger partial charge in [0.05, 0.1) is 0 Å². The fraction of sp³-hybridized carbons (Fsp3) is 0.745. The molecule has 4 aliphatic carbocycles. The summed E-state index contributed by atoms with van der Waals surface area (Å²) in [6.07, 6.45) is 3.95. The van der Waals surface area contributed by atoms with Crippen LogP contribution in [0.15, 0.2) is 48.5 Å². The van der Waals surface area contributed by atoms with Gasteiger partial charge < -0.3 is 0 Å². The van der Waals surface area contributed by atoms with Crippen LogP contribution in [0.5, 0.6) is 0 Å². The summed E-state index contributed by atoms with van der Waals surface area (Å²) < 4.78 is 0. The van der Waals surface area contributed by atoms with Gasteiger partial charge in [-0.1, -0.05) is 224 Å². The normalized spacial score (nSPS) is 27.4. The number of rotatable bonds is 0. The fourth-order valence-corrected chi connectivity index (χ4v) is 8.33. The highest BCUT2D eigenvalue weighted by Gasteiger charge is 2.71. The average molecular weight is 663 g/mol. The van der Waals surface area contributed by atoms with Crippen molar-refractivity contribution >= 4 is 0 Å². The minimum atomic E-state index is 0. The van der Waals surface area contributed by atoms with E-state index in [4.69, 9.17) is 0 Å². The average Bonchev–Trinajstić information content (AvgIpc) is 3.49. The Morgan fingerprint density at radius 1 is 0.553 bits per heavy atom. The molecule has 9 atom stereocenters. The van der Waals surface area contributed by atoms with Crippen molar-refractivity contribution in [2.24, 2.45) is 35.5 Å². The van der Waals surface area contributed by atoms with E-state index in [1.807, 2.05) is 55.4 Å². The minimum Gasteiger partial charge on any atom is -0.0776 e. The SMILES string of the molecule is C.C.C.C.C.C.C.CC.CC.CC.CC.CCC.CCC.C[C@H]1[C@H]2C3c4ccccc4C4(c5ccccc5[C@@H](C)[C@H]4C)[C@H]3[C@H]2C[C@H]1C. The van der Waals surface area contributed by atoms with Crippen molar-refractivity contribution in [3.05, 3.63) is 70.8 Å². The van der Waals surface area contributed by atoms with E-state index in [9.17, 15) is 0 Å². The Bertz CT molecular complexity index is 923. The molecule has 2 saturated carbocycles. The third-order valence-corrected chi connectivity index (χ3v) is 9.56. The summed E-state index contributed by atoms with van der Waals surface area (Å²) in [4.78, 5) is 0. The highest BCUT2D eigenvalue weighted by molar-refractivity contribution is 5.61. The third kappa shape index (κ3) is 11.2. The summed E-state index contributed by atoms with van der Waals surface area (Å²) in [6.45, 7) is 34.6. The van der Waals surface area contributed by atoms with Crippen LogP contribution in [0.25, 0.3) is 0 Å². The molecule has 0 N–H and O–H groups in total. The van der Waals surface area contributed by atoms with Crippen LogP contribution in [0.3, 0.4) is 0 Å². The van der Waals surface area contributed by atoms with Crippen LogP contribution in [-0.4, -0.2) is 0 Å². The molecule has 0 aliphatic heterocycles. The van der Waals surface area contributed by atoms with Crippen LogP contribution in [0.4, 0.5) is 0 Å². The van der Waals surface area contributed by atoms with Crippen molar-refractivity contribution < 1.29 is 0 Å². The van der Waals surface area contributed by atoms with Crippen molar-refractivity contribution in [3.63, 3.8) is 0 Å². The zero-order valence-corrected chi connectivity index (χ0v) is 29.9. The smallest absolute Gasteiger partial charge is 0.0276 e. The van der Waals surface area contributed by atoms with Gasteiger partial charge in [-0.2, -0.15) is 0 Å². The minimum absolute atomic E-state index is 0. The van der Waals surface area contributed by atoms with Crippen LogP contribution in [0.2, 0.25) is 0 Å². The van der Waals surface area contributed by atoms with E-state index < -0.39 is 0 Å². The summed E-state index contributed by atoms with van der Waals surface area (Å²) in [7, 11) is 0. The van der Waals surface area contributed by atoms with Crippen LogP contribution in [-0.2, 0) is 5.41 Å². The molecule has 0 heteroatoms. The first-order chi connectivity index (χ1) is 19.4. The summed E-state index contributed by atoms with van der Waals surface area (Å²) in [5.41, 5.74) is 6.95. The Morgan fingerprint density at radius 3 is 1.30 bits per heavy atom. The van der Waals surface area contributed by atoms with Gasteiger partial charge in [-0.25, -0.2) is 0 Å². The van der Waals surface area contributed by atoms with Crippen molar-refractivity contribution in [2.45, 2.75) is 199 Å². The van der Waals surface area contributed by atoms with Gasteiger partial charge in [-0.3, -0.25) is 0 Å². The molecule has 2 aromatic carbocycles. The van der Waals surface area contributed by atoms with Crippen LogP contribution >= 0.6 is 0 Å². The molecule has 2 unspecified atom stereocenters. The highest BCUT2D eigenvalue weighted by atomic mass is 14.7. The van der Waals surface area contributed by atoms with Crippen LogP contribution < -0.4 is 0 Å². The maximum Gasteiger partial charge on any atom is 0.0276 e. The zero-order chi connectivity index (χ0) is 31.2. The predicted octanol–water partition coefficient (Wildman–Crippen LogP) is 17.8. The van der Waals surface area contributed by atoms with Gasteiger partial charge in [0.1, 0.15) is 0 Å². The van der Waals surface area contributed by atoms with Crippen molar-refractivity contribution in [3.8, 4) is 0 Å². The standard InChI is InChI=1S/C26H30.2C3H8.4C2H6.7CH4/c1-14-13-20-23(15(14)2)24-19-10-6-8-12-22(19)26(25(20)24)17(4)16(3)18-9-5-7-11-21(18)26;2*1-3-2;4*1-2;;;;;;;/h5-12,14-17,20,23-25H,13H2,1-4H3;2*3H2,1-2H3;4*1-2H3;7*1H4/t14-,15-,16+,17-,20+,23-,24?,25+,26?;;;;;;;;;;;;;/m1............./s1. The van der Waals surface area contributed by atoms with Crippen molar-refractivity contribution in [1.29, 1.82) is 0 Å². The maximum atomic E-state index is 2.55. The fourth-order valence-electron chi connectivity index (χ4n) is 8.33. The van der Waals surface area contributed by atoms with Gasteiger partial charge in [-0.15, -0.1) is 0 Å². The molecular weight excluding hydrogens is 565 g/mol.